The van der Waals surface area contributed by atoms with E-state index in [2.05, 4.69) is 24.4 Å². The van der Waals surface area contributed by atoms with Gasteiger partial charge in [0.25, 0.3) is 0 Å². The third kappa shape index (κ3) is 2.60. The highest BCUT2D eigenvalue weighted by Crippen LogP contribution is 2.50. The smallest absolute Gasteiger partial charge is 0.249 e. The number of rotatable bonds is 4. The zero-order valence-electron chi connectivity index (χ0n) is 12.1. The van der Waals surface area contributed by atoms with Crippen LogP contribution in [-0.4, -0.2) is 35.2 Å². The van der Waals surface area contributed by atoms with Crippen LogP contribution in [0.4, 0.5) is 0 Å². The molecular formula is C15H18N2O3S. The number of thiophene rings is 1. The van der Waals surface area contributed by atoms with Gasteiger partial charge < -0.3 is 4.90 Å². The van der Waals surface area contributed by atoms with Crippen LogP contribution < -0.4 is 5.32 Å². The molecule has 2 aliphatic rings. The third-order valence-electron chi connectivity index (χ3n) is 4.18. The molecule has 21 heavy (non-hydrogen) atoms. The Hall–Kier alpha value is -1.69. The first-order valence-corrected chi connectivity index (χ1v) is 8.03. The van der Waals surface area contributed by atoms with Gasteiger partial charge in [0.2, 0.25) is 17.7 Å². The van der Waals surface area contributed by atoms with Gasteiger partial charge >= 0.3 is 0 Å². The Bertz CT molecular complexity index is 610. The third-order valence-corrected chi connectivity index (χ3v) is 5.31. The topological polar surface area (TPSA) is 66.5 Å². The van der Waals surface area contributed by atoms with Crippen molar-refractivity contribution in [1.29, 1.82) is 0 Å². The average molecular weight is 306 g/mol. The van der Waals surface area contributed by atoms with E-state index in [1.165, 1.54) is 9.75 Å². The number of aryl methyl sites for hydroxylation is 1. The molecule has 0 aromatic carbocycles. The molecule has 2 fully saturated rings. The summed E-state index contributed by atoms with van der Waals surface area (Å²) in [6, 6.07) is 3.53. The Labute approximate surface area is 127 Å². The molecule has 1 aliphatic heterocycles. The van der Waals surface area contributed by atoms with E-state index in [4.69, 9.17) is 0 Å². The first-order chi connectivity index (χ1) is 10.0. The second-order valence-corrected chi connectivity index (χ2v) is 6.97. The second kappa shape index (κ2) is 5.26. The minimum atomic E-state index is -0.624. The highest BCUT2D eigenvalue weighted by molar-refractivity contribution is 7.12. The van der Waals surface area contributed by atoms with Crippen LogP contribution in [0.1, 0.15) is 35.4 Å². The molecule has 3 atom stereocenters. The van der Waals surface area contributed by atoms with Crippen molar-refractivity contribution in [2.24, 2.45) is 5.92 Å². The largest absolute Gasteiger partial charge is 0.330 e. The summed E-state index contributed by atoms with van der Waals surface area (Å²) < 4.78 is 0. The van der Waals surface area contributed by atoms with Gasteiger partial charge in [-0.15, -0.1) is 11.3 Å². The van der Waals surface area contributed by atoms with Crippen LogP contribution in [0.3, 0.4) is 0 Å². The Balaban J connectivity index is 1.70. The Morgan fingerprint density at radius 3 is 2.71 bits per heavy atom. The maximum atomic E-state index is 12.6. The van der Waals surface area contributed by atoms with Gasteiger partial charge in [-0.1, -0.05) is 0 Å². The predicted molar refractivity (Wildman–Crippen MR) is 78.8 cm³/mol. The number of nitrogens with one attached hydrogen (secondary N) is 1. The molecule has 3 rings (SSSR count). The molecule has 0 unspecified atom stereocenters. The van der Waals surface area contributed by atoms with Crippen molar-refractivity contribution in [3.05, 3.63) is 21.9 Å². The normalized spacial score (nSPS) is 27.6. The van der Waals surface area contributed by atoms with Gasteiger partial charge in [0, 0.05) is 28.1 Å². The van der Waals surface area contributed by atoms with Gasteiger partial charge in [-0.2, -0.15) is 0 Å². The molecule has 2 heterocycles. The number of likely N-dealkylation sites (N-methyl/N-ethyl adjacent to an activating group) is 1. The minimum absolute atomic E-state index is 0.00315. The molecule has 112 valence electrons. The molecule has 1 saturated heterocycles. The Morgan fingerprint density at radius 2 is 2.19 bits per heavy atom. The van der Waals surface area contributed by atoms with Crippen LogP contribution in [0.25, 0.3) is 0 Å². The summed E-state index contributed by atoms with van der Waals surface area (Å²) in [6.07, 6.45) is 0.936. The van der Waals surface area contributed by atoms with E-state index in [1.54, 1.807) is 16.2 Å². The SMILES string of the molecule is CCN(C(=O)[C@@H]1C[C@H]1c1ccc(C)s1)[C@@H]1CC(=O)NC1=O. The van der Waals surface area contributed by atoms with Crippen molar-refractivity contribution < 1.29 is 14.4 Å². The van der Waals surface area contributed by atoms with E-state index in [9.17, 15) is 14.4 Å². The molecule has 0 radical (unpaired) electrons. The predicted octanol–water partition coefficient (Wildman–Crippen LogP) is 1.42. The molecule has 1 saturated carbocycles. The van der Waals surface area contributed by atoms with E-state index in [0.717, 1.165) is 6.42 Å². The number of nitrogens with zero attached hydrogens (tertiary/aromatic N) is 1. The zero-order chi connectivity index (χ0) is 15.1. The molecule has 5 nitrogen and oxygen atoms in total. The molecular weight excluding hydrogens is 288 g/mol. The fraction of sp³-hybridized carbons (Fsp3) is 0.533. The number of hydrogen-bond acceptors (Lipinski definition) is 4. The van der Waals surface area contributed by atoms with E-state index in [0.29, 0.717) is 6.54 Å². The first-order valence-electron chi connectivity index (χ1n) is 7.21. The first kappa shape index (κ1) is 14.3. The van der Waals surface area contributed by atoms with Gasteiger partial charge in [-0.3, -0.25) is 19.7 Å². The number of hydrogen-bond donors (Lipinski definition) is 1. The molecule has 1 N–H and O–H groups in total. The molecule has 6 heteroatoms. The summed E-state index contributed by atoms with van der Waals surface area (Å²) >= 11 is 1.73. The van der Waals surface area contributed by atoms with Crippen LogP contribution >= 0.6 is 11.3 Å². The van der Waals surface area contributed by atoms with Crippen molar-refractivity contribution in [2.45, 2.75) is 38.6 Å². The van der Waals surface area contributed by atoms with Gasteiger partial charge in [0.1, 0.15) is 6.04 Å². The van der Waals surface area contributed by atoms with Gasteiger partial charge in [0.05, 0.1) is 6.42 Å². The van der Waals surface area contributed by atoms with E-state index in [1.807, 2.05) is 6.92 Å². The van der Waals surface area contributed by atoms with Crippen molar-refractivity contribution in [3.63, 3.8) is 0 Å². The fourth-order valence-electron chi connectivity index (χ4n) is 2.97. The summed E-state index contributed by atoms with van der Waals surface area (Å²) in [4.78, 5) is 39.7. The van der Waals surface area contributed by atoms with Crippen molar-refractivity contribution in [1.82, 2.24) is 10.2 Å². The van der Waals surface area contributed by atoms with Crippen LogP contribution in [0.2, 0.25) is 0 Å². The maximum absolute atomic E-state index is 12.6. The highest BCUT2D eigenvalue weighted by atomic mass is 32.1. The average Bonchev–Trinajstić information content (AvgIpc) is 3.02. The number of amides is 3. The zero-order valence-corrected chi connectivity index (χ0v) is 12.9. The van der Waals surface area contributed by atoms with Crippen molar-refractivity contribution in [3.8, 4) is 0 Å². The van der Waals surface area contributed by atoms with Crippen LogP contribution in [-0.2, 0) is 14.4 Å². The minimum Gasteiger partial charge on any atom is -0.330 e. The second-order valence-electron chi connectivity index (χ2n) is 5.65. The molecule has 1 aliphatic carbocycles. The van der Waals surface area contributed by atoms with E-state index in [-0.39, 0.29) is 36.0 Å². The van der Waals surface area contributed by atoms with Crippen molar-refractivity contribution in [2.75, 3.05) is 6.54 Å². The number of carbonyl (C=O) groups excluding carboxylic acids is 3. The molecule has 3 amide bonds. The van der Waals surface area contributed by atoms with Crippen molar-refractivity contribution >= 4 is 29.1 Å². The number of carbonyl (C=O) groups is 3. The summed E-state index contributed by atoms with van der Waals surface area (Å²) in [5.74, 6) is -0.392. The molecule has 1 aromatic rings. The fourth-order valence-corrected chi connectivity index (χ4v) is 4.03. The van der Waals surface area contributed by atoms with E-state index >= 15 is 0 Å². The summed E-state index contributed by atoms with van der Waals surface area (Å²) in [5, 5.41) is 2.27. The van der Waals surface area contributed by atoms with Crippen LogP contribution in [0.5, 0.6) is 0 Å². The van der Waals surface area contributed by atoms with Gasteiger partial charge in [-0.05, 0) is 32.4 Å². The lowest BCUT2D eigenvalue weighted by Gasteiger charge is -2.25. The van der Waals surface area contributed by atoms with Gasteiger partial charge in [-0.25, -0.2) is 0 Å². The summed E-state index contributed by atoms with van der Waals surface area (Å²) in [7, 11) is 0. The summed E-state index contributed by atoms with van der Waals surface area (Å²) in [5.41, 5.74) is 0. The highest BCUT2D eigenvalue weighted by Gasteiger charge is 2.49. The Morgan fingerprint density at radius 1 is 1.43 bits per heavy atom. The lowest BCUT2D eigenvalue weighted by Crippen LogP contribution is -2.45. The quantitative estimate of drug-likeness (QED) is 0.856. The Kier molecular flexibility index (Phi) is 3.57. The standard InChI is InChI=1S/C15H18N2O3S/c1-3-17(11-7-13(18)16-14(11)19)15(20)10-6-9(10)12-5-4-8(2)21-12/h4-5,9-11H,3,6-7H2,1-2H3,(H,16,18,19)/t9-,10-,11-/m1/s1. The van der Waals surface area contributed by atoms with Crippen LogP contribution in [0, 0.1) is 12.8 Å². The maximum Gasteiger partial charge on any atom is 0.249 e. The number of imide groups is 1. The molecule has 0 spiro atoms. The lowest BCUT2D eigenvalue weighted by molar-refractivity contribution is -0.139. The molecule has 0 bridgehead atoms. The van der Waals surface area contributed by atoms with Crippen LogP contribution in [0.15, 0.2) is 12.1 Å². The lowest BCUT2D eigenvalue weighted by atomic mass is 10.1. The van der Waals surface area contributed by atoms with Gasteiger partial charge in [0.15, 0.2) is 0 Å². The monoisotopic (exact) mass is 306 g/mol. The molecule has 1 aromatic heterocycles. The summed E-state index contributed by atoms with van der Waals surface area (Å²) in [6.45, 7) is 4.36. The van der Waals surface area contributed by atoms with E-state index < -0.39 is 6.04 Å².